The number of benzene rings is 1. The molecule has 1 atom stereocenters. The van der Waals surface area contributed by atoms with Gasteiger partial charge in [0, 0.05) is 28.2 Å². The van der Waals surface area contributed by atoms with E-state index in [0.29, 0.717) is 11.0 Å². The van der Waals surface area contributed by atoms with E-state index >= 15 is 0 Å². The minimum Gasteiger partial charge on any atom is -0.477 e. The summed E-state index contributed by atoms with van der Waals surface area (Å²) >= 11 is 1.15. The molecule has 1 aliphatic heterocycles. The van der Waals surface area contributed by atoms with Crippen LogP contribution in [0.3, 0.4) is 0 Å². The Kier molecular flexibility index (Phi) is 3.39. The van der Waals surface area contributed by atoms with E-state index in [2.05, 4.69) is 22.5 Å². The van der Waals surface area contributed by atoms with Crippen molar-refractivity contribution in [3.05, 3.63) is 40.5 Å². The van der Waals surface area contributed by atoms with Crippen LogP contribution in [0.2, 0.25) is 0 Å². The normalized spacial score (nSPS) is 16.8. The van der Waals surface area contributed by atoms with Crippen molar-refractivity contribution in [2.24, 2.45) is 0 Å². The summed E-state index contributed by atoms with van der Waals surface area (Å²) in [5, 5.41) is 20.3. The van der Waals surface area contributed by atoms with Gasteiger partial charge in [0.25, 0.3) is 0 Å². The predicted molar refractivity (Wildman–Crippen MR) is 92.4 cm³/mol. The first-order valence-electron chi connectivity index (χ1n) is 7.86. The van der Waals surface area contributed by atoms with Gasteiger partial charge in [-0.05, 0) is 44.4 Å². The fraction of sp³-hybridized carbons (Fsp3) is 0.278. The predicted octanol–water partition coefficient (Wildman–Crippen LogP) is 4.23. The van der Waals surface area contributed by atoms with E-state index in [4.69, 9.17) is 5.11 Å². The summed E-state index contributed by atoms with van der Waals surface area (Å²) < 4.78 is 2.28. The molecule has 5 nitrogen and oxygen atoms in total. The second-order valence-electron chi connectivity index (χ2n) is 6.11. The van der Waals surface area contributed by atoms with Crippen molar-refractivity contribution in [3.8, 4) is 16.6 Å². The number of carbonyl (C=O) groups is 1. The average molecular weight is 337 g/mol. The molecule has 0 unspecified atom stereocenters. The third-order valence-corrected chi connectivity index (χ3v) is 5.69. The van der Waals surface area contributed by atoms with Gasteiger partial charge in [0.15, 0.2) is 0 Å². The van der Waals surface area contributed by atoms with Crippen molar-refractivity contribution in [1.29, 1.82) is 5.26 Å². The van der Waals surface area contributed by atoms with Crippen molar-refractivity contribution in [2.45, 2.75) is 32.2 Å². The Morgan fingerprint density at radius 1 is 1.50 bits per heavy atom. The van der Waals surface area contributed by atoms with Crippen LogP contribution in [-0.2, 0) is 6.42 Å². The van der Waals surface area contributed by atoms with Crippen LogP contribution < -0.4 is 0 Å². The molecule has 24 heavy (non-hydrogen) atoms. The lowest BCUT2D eigenvalue weighted by Gasteiger charge is -2.23. The number of carboxylic acids is 1. The fourth-order valence-electron chi connectivity index (χ4n) is 3.57. The van der Waals surface area contributed by atoms with Crippen LogP contribution in [-0.4, -0.2) is 20.6 Å². The smallest absolute Gasteiger partial charge is 0.347 e. The van der Waals surface area contributed by atoms with Crippen LogP contribution >= 0.6 is 11.3 Å². The SMILES string of the molecule is C[C@H]1CCCc2c(C#N)c3cc(-c4ncc(C(=O)O)s4)ccc3n21. The standard InChI is InChI=1S/C18H15N3O2S/c1-10-3-2-4-14-13(8-19)12-7-11(5-6-15(12)21(10)14)17-20-9-16(24-17)18(22)23/h5-7,9-10H,2-4H2,1H3,(H,22,23)/t10-/m0/s1. The second-order valence-corrected chi connectivity index (χ2v) is 7.14. The second kappa shape index (κ2) is 5.46. The lowest BCUT2D eigenvalue weighted by molar-refractivity contribution is 0.0702. The summed E-state index contributed by atoms with van der Waals surface area (Å²) in [4.78, 5) is 15.5. The van der Waals surface area contributed by atoms with Crippen LogP contribution in [0, 0.1) is 11.3 Å². The first kappa shape index (κ1) is 14.9. The Hall–Kier alpha value is -2.65. The number of fused-ring (bicyclic) bond motifs is 3. The van der Waals surface area contributed by atoms with Crippen LogP contribution in [0.5, 0.6) is 0 Å². The van der Waals surface area contributed by atoms with Gasteiger partial charge < -0.3 is 9.67 Å². The molecule has 1 aromatic carbocycles. The Balaban J connectivity index is 1.92. The molecule has 4 rings (SSSR count). The van der Waals surface area contributed by atoms with Crippen molar-refractivity contribution in [1.82, 2.24) is 9.55 Å². The van der Waals surface area contributed by atoms with E-state index in [9.17, 15) is 10.1 Å². The Morgan fingerprint density at radius 2 is 2.33 bits per heavy atom. The van der Waals surface area contributed by atoms with Gasteiger partial charge in [0.2, 0.25) is 0 Å². The highest BCUT2D eigenvalue weighted by Gasteiger charge is 2.24. The first-order chi connectivity index (χ1) is 11.6. The quantitative estimate of drug-likeness (QED) is 0.759. The summed E-state index contributed by atoms with van der Waals surface area (Å²) in [6.45, 7) is 2.19. The highest BCUT2D eigenvalue weighted by molar-refractivity contribution is 7.16. The van der Waals surface area contributed by atoms with E-state index in [1.807, 2.05) is 18.2 Å². The number of nitriles is 1. The largest absolute Gasteiger partial charge is 0.477 e. The number of nitrogens with zero attached hydrogens (tertiary/aromatic N) is 3. The van der Waals surface area contributed by atoms with Gasteiger partial charge in [-0.25, -0.2) is 9.78 Å². The zero-order valence-corrected chi connectivity index (χ0v) is 13.9. The van der Waals surface area contributed by atoms with Gasteiger partial charge in [-0.3, -0.25) is 0 Å². The summed E-state index contributed by atoms with van der Waals surface area (Å²) in [6.07, 6.45) is 4.54. The molecule has 120 valence electrons. The van der Waals surface area contributed by atoms with Crippen molar-refractivity contribution in [3.63, 3.8) is 0 Å². The molecule has 3 heterocycles. The van der Waals surface area contributed by atoms with Gasteiger partial charge in [-0.1, -0.05) is 0 Å². The van der Waals surface area contributed by atoms with Crippen molar-refractivity contribution >= 4 is 28.2 Å². The molecule has 0 saturated heterocycles. The zero-order chi connectivity index (χ0) is 16.8. The van der Waals surface area contributed by atoms with Crippen molar-refractivity contribution < 1.29 is 9.90 Å². The number of hydrogen-bond acceptors (Lipinski definition) is 4. The van der Waals surface area contributed by atoms with Gasteiger partial charge in [-0.15, -0.1) is 11.3 Å². The molecule has 2 aromatic heterocycles. The Morgan fingerprint density at radius 3 is 3.04 bits per heavy atom. The molecule has 0 aliphatic carbocycles. The Bertz CT molecular complexity index is 1010. The molecule has 0 bridgehead atoms. The Labute approximate surface area is 142 Å². The lowest BCUT2D eigenvalue weighted by Crippen LogP contribution is -2.14. The van der Waals surface area contributed by atoms with E-state index in [1.165, 1.54) is 6.20 Å². The molecular formula is C18H15N3O2S. The minimum absolute atomic E-state index is 0.218. The fourth-order valence-corrected chi connectivity index (χ4v) is 4.33. The molecule has 0 radical (unpaired) electrons. The maximum atomic E-state index is 11.1. The van der Waals surface area contributed by atoms with Crippen LogP contribution in [0.25, 0.3) is 21.5 Å². The van der Waals surface area contributed by atoms with Gasteiger partial charge in [0.1, 0.15) is 16.0 Å². The number of rotatable bonds is 2. The molecule has 3 aromatic rings. The van der Waals surface area contributed by atoms with E-state index in [0.717, 1.165) is 58.3 Å². The molecule has 0 saturated carbocycles. The number of aromatic nitrogens is 2. The van der Waals surface area contributed by atoms with Crippen LogP contribution in [0.1, 0.15) is 46.7 Å². The summed E-state index contributed by atoms with van der Waals surface area (Å²) in [5.74, 6) is -0.967. The molecule has 0 spiro atoms. The minimum atomic E-state index is -0.967. The van der Waals surface area contributed by atoms with Gasteiger partial charge in [-0.2, -0.15) is 5.26 Å². The third-order valence-electron chi connectivity index (χ3n) is 4.66. The lowest BCUT2D eigenvalue weighted by atomic mass is 10.0. The highest BCUT2D eigenvalue weighted by Crippen LogP contribution is 2.37. The first-order valence-corrected chi connectivity index (χ1v) is 8.68. The third kappa shape index (κ3) is 2.13. The molecule has 0 amide bonds. The number of thiazole rings is 1. The van der Waals surface area contributed by atoms with Crippen molar-refractivity contribution in [2.75, 3.05) is 0 Å². The van der Waals surface area contributed by atoms with E-state index in [-0.39, 0.29) is 4.88 Å². The topological polar surface area (TPSA) is 78.9 Å². The van der Waals surface area contributed by atoms with Gasteiger partial charge >= 0.3 is 5.97 Å². The molecule has 1 aliphatic rings. The number of carboxylic acid groups (broad SMARTS) is 1. The highest BCUT2D eigenvalue weighted by atomic mass is 32.1. The maximum absolute atomic E-state index is 11.1. The molecule has 1 N–H and O–H groups in total. The molecule has 0 fully saturated rings. The monoisotopic (exact) mass is 337 g/mol. The molecule has 6 heteroatoms. The van der Waals surface area contributed by atoms with Crippen LogP contribution in [0.4, 0.5) is 0 Å². The maximum Gasteiger partial charge on any atom is 0.347 e. The number of hydrogen-bond donors (Lipinski definition) is 1. The summed E-state index contributed by atoms with van der Waals surface area (Å²) in [6, 6.07) is 8.72. The zero-order valence-electron chi connectivity index (χ0n) is 13.1. The molecular weight excluding hydrogens is 322 g/mol. The summed E-state index contributed by atoms with van der Waals surface area (Å²) in [7, 11) is 0. The summed E-state index contributed by atoms with van der Waals surface area (Å²) in [5.41, 5.74) is 3.79. The van der Waals surface area contributed by atoms with Crippen LogP contribution in [0.15, 0.2) is 24.4 Å². The average Bonchev–Trinajstić information content (AvgIpc) is 3.17. The number of aromatic carboxylic acids is 1. The van der Waals surface area contributed by atoms with Gasteiger partial charge in [0.05, 0.1) is 11.8 Å². The van der Waals surface area contributed by atoms with E-state index in [1.54, 1.807) is 0 Å². The van der Waals surface area contributed by atoms with E-state index < -0.39 is 5.97 Å².